The highest BCUT2D eigenvalue weighted by Gasteiger charge is 2.65. The van der Waals surface area contributed by atoms with Gasteiger partial charge in [0.05, 0.1) is 12.2 Å². The summed E-state index contributed by atoms with van der Waals surface area (Å²) in [4.78, 5) is 12.2. The number of aryl methyl sites for hydroxylation is 1. The number of hydrogen-bond donors (Lipinski definition) is 1. The van der Waals surface area contributed by atoms with Crippen molar-refractivity contribution < 1.29 is 27.8 Å². The van der Waals surface area contributed by atoms with Crippen molar-refractivity contribution in [3.05, 3.63) is 33.8 Å². The van der Waals surface area contributed by atoms with Gasteiger partial charge in [-0.3, -0.25) is 4.79 Å². The summed E-state index contributed by atoms with van der Waals surface area (Å²) in [6.07, 6.45) is 0.143. The number of halogens is 1. The van der Waals surface area contributed by atoms with Crippen LogP contribution in [0.1, 0.15) is 56.6 Å². The maximum absolute atomic E-state index is 13.5. The zero-order valence-electron chi connectivity index (χ0n) is 17.4. The summed E-state index contributed by atoms with van der Waals surface area (Å²) in [5.74, 6) is -1.86. The van der Waals surface area contributed by atoms with Gasteiger partial charge in [0.2, 0.25) is 10.0 Å². The largest absolute Gasteiger partial charge is 0.480 e. The third kappa shape index (κ3) is 3.62. The Morgan fingerprint density at radius 1 is 1.17 bits per heavy atom. The van der Waals surface area contributed by atoms with Gasteiger partial charge >= 0.3 is 5.97 Å². The van der Waals surface area contributed by atoms with E-state index in [-0.39, 0.29) is 18.8 Å². The molecular formula is C21H28BrNO6S. The fraction of sp³-hybridized carbons (Fsp3) is 0.667. The summed E-state index contributed by atoms with van der Waals surface area (Å²) >= 11 is 3.51. The Hall–Kier alpha value is -1.00. The van der Waals surface area contributed by atoms with Crippen molar-refractivity contribution in [2.75, 3.05) is 13.1 Å². The van der Waals surface area contributed by atoms with E-state index in [1.165, 1.54) is 9.87 Å². The number of carbonyl (C=O) groups is 1. The molecule has 7 nitrogen and oxygen atoms in total. The Morgan fingerprint density at radius 3 is 2.23 bits per heavy atom. The summed E-state index contributed by atoms with van der Waals surface area (Å²) in [6.45, 7) is 6.19. The molecule has 2 aliphatic heterocycles. The van der Waals surface area contributed by atoms with Crippen molar-refractivity contribution in [2.45, 2.75) is 75.1 Å². The van der Waals surface area contributed by atoms with Crippen molar-refractivity contribution >= 4 is 31.9 Å². The molecule has 2 unspecified atom stereocenters. The van der Waals surface area contributed by atoms with Crippen LogP contribution in [0.25, 0.3) is 0 Å². The average molecular weight is 502 g/mol. The van der Waals surface area contributed by atoms with Crippen molar-refractivity contribution in [1.82, 2.24) is 4.31 Å². The molecule has 9 heteroatoms. The highest BCUT2D eigenvalue weighted by Crippen LogP contribution is 2.48. The number of ether oxygens (including phenoxy) is 2. The molecule has 1 aliphatic carbocycles. The van der Waals surface area contributed by atoms with Crippen LogP contribution >= 0.6 is 15.9 Å². The Kier molecular flexibility index (Phi) is 5.59. The molecule has 0 radical (unpaired) electrons. The van der Waals surface area contributed by atoms with Crippen LogP contribution in [0.2, 0.25) is 0 Å². The second kappa shape index (κ2) is 7.55. The molecule has 3 aliphatic rings. The van der Waals surface area contributed by atoms with E-state index in [0.717, 1.165) is 10.0 Å². The lowest BCUT2D eigenvalue weighted by Gasteiger charge is -2.37. The second-order valence-corrected chi connectivity index (χ2v) is 12.2. The smallest absolute Gasteiger partial charge is 0.326 e. The molecule has 1 saturated carbocycles. The first-order valence-corrected chi connectivity index (χ1v) is 12.5. The first-order chi connectivity index (χ1) is 13.9. The van der Waals surface area contributed by atoms with Crippen molar-refractivity contribution in [2.24, 2.45) is 0 Å². The van der Waals surface area contributed by atoms with Gasteiger partial charge in [0, 0.05) is 30.4 Å². The number of aliphatic carboxylic acids is 1. The molecule has 1 aromatic carbocycles. The second-order valence-electron chi connectivity index (χ2n) is 9.11. The van der Waals surface area contributed by atoms with Crippen LogP contribution in [0.15, 0.2) is 22.7 Å². The summed E-state index contributed by atoms with van der Waals surface area (Å²) in [7, 11) is -4.06. The normalized spacial score (nSPS) is 32.3. The van der Waals surface area contributed by atoms with E-state index in [4.69, 9.17) is 9.47 Å². The van der Waals surface area contributed by atoms with Crippen LogP contribution in [0.3, 0.4) is 0 Å². The fourth-order valence-corrected chi connectivity index (χ4v) is 7.49. The van der Waals surface area contributed by atoms with E-state index < -0.39 is 38.7 Å². The van der Waals surface area contributed by atoms with Crippen molar-refractivity contribution in [1.29, 1.82) is 0 Å². The standard InChI is InChI=1S/C21H28BrNO6S/c1-13-10-15(4-5-16(13)22)14-6-8-23(9-7-14)30(26,27)21(19(24)25)11-17-18(12-21)29-20(2,3)28-17/h4-5,10,14,17-18H,6-9,11-12H2,1-3H3,(H,24,25). The summed E-state index contributed by atoms with van der Waals surface area (Å²) < 4.78 is 39.1. The van der Waals surface area contributed by atoms with Crippen molar-refractivity contribution in [3.8, 4) is 0 Å². The Labute approximate surface area is 185 Å². The fourth-order valence-electron chi connectivity index (χ4n) is 5.08. The van der Waals surface area contributed by atoms with Gasteiger partial charge in [-0.2, -0.15) is 0 Å². The number of fused-ring (bicyclic) bond motifs is 1. The molecule has 2 saturated heterocycles. The zero-order valence-corrected chi connectivity index (χ0v) is 19.8. The lowest BCUT2D eigenvalue weighted by molar-refractivity contribution is -0.159. The lowest BCUT2D eigenvalue weighted by Crippen LogP contribution is -2.54. The number of rotatable bonds is 4. The number of piperidine rings is 1. The summed E-state index contributed by atoms with van der Waals surface area (Å²) in [6, 6.07) is 6.22. The number of carboxylic acid groups (broad SMARTS) is 1. The predicted octanol–water partition coefficient (Wildman–Crippen LogP) is 3.40. The molecule has 2 atom stereocenters. The molecule has 2 heterocycles. The zero-order chi connectivity index (χ0) is 21.9. The van der Waals surface area contributed by atoms with Gasteiger partial charge in [-0.05, 0) is 56.7 Å². The van der Waals surface area contributed by atoms with Crippen LogP contribution in [0.4, 0.5) is 0 Å². The van der Waals surface area contributed by atoms with Gasteiger partial charge in [0.15, 0.2) is 10.5 Å². The van der Waals surface area contributed by atoms with Crippen LogP contribution in [0, 0.1) is 6.92 Å². The van der Waals surface area contributed by atoms with Crippen molar-refractivity contribution in [3.63, 3.8) is 0 Å². The summed E-state index contributed by atoms with van der Waals surface area (Å²) in [5.41, 5.74) is 2.34. The van der Waals surface area contributed by atoms with Crippen LogP contribution < -0.4 is 0 Å². The predicted molar refractivity (Wildman–Crippen MR) is 115 cm³/mol. The van der Waals surface area contributed by atoms with Crippen LogP contribution in [-0.4, -0.2) is 59.6 Å². The SMILES string of the molecule is Cc1cc(C2CCN(S(=O)(=O)C3(C(=O)O)CC4OC(C)(C)OC4C3)CC2)ccc1Br. The highest BCUT2D eigenvalue weighted by molar-refractivity contribution is 9.10. The van der Waals surface area contributed by atoms with E-state index in [9.17, 15) is 18.3 Å². The van der Waals surface area contributed by atoms with Gasteiger partial charge in [-0.15, -0.1) is 0 Å². The van der Waals surface area contributed by atoms with E-state index in [1.807, 2.05) is 13.0 Å². The monoisotopic (exact) mass is 501 g/mol. The Morgan fingerprint density at radius 2 is 1.73 bits per heavy atom. The number of sulfonamides is 1. The molecule has 1 N–H and O–H groups in total. The highest BCUT2D eigenvalue weighted by atomic mass is 79.9. The third-order valence-electron chi connectivity index (χ3n) is 6.68. The van der Waals surface area contributed by atoms with Gasteiger partial charge in [-0.1, -0.05) is 28.1 Å². The molecule has 30 heavy (non-hydrogen) atoms. The van der Waals surface area contributed by atoms with Gasteiger partial charge in [-0.25, -0.2) is 12.7 Å². The third-order valence-corrected chi connectivity index (χ3v) is 10.1. The number of carboxylic acids is 1. The van der Waals surface area contributed by atoms with E-state index >= 15 is 0 Å². The quantitative estimate of drug-likeness (QED) is 0.679. The molecule has 4 rings (SSSR count). The molecule has 3 fully saturated rings. The topological polar surface area (TPSA) is 93.1 Å². The Balaban J connectivity index is 1.51. The first-order valence-electron chi connectivity index (χ1n) is 10.3. The van der Waals surface area contributed by atoms with E-state index in [0.29, 0.717) is 25.9 Å². The molecule has 0 bridgehead atoms. The van der Waals surface area contributed by atoms with Gasteiger partial charge in [0.1, 0.15) is 0 Å². The molecule has 166 valence electrons. The average Bonchev–Trinajstić information content (AvgIpc) is 3.16. The van der Waals surface area contributed by atoms with Gasteiger partial charge < -0.3 is 14.6 Å². The van der Waals surface area contributed by atoms with E-state index in [2.05, 4.69) is 28.1 Å². The summed E-state index contributed by atoms with van der Waals surface area (Å²) in [5, 5.41) is 9.98. The minimum atomic E-state index is -4.06. The Bertz CT molecular complexity index is 938. The first kappa shape index (κ1) is 22.2. The minimum Gasteiger partial charge on any atom is -0.480 e. The number of benzene rings is 1. The number of nitrogens with zero attached hydrogens (tertiary/aromatic N) is 1. The van der Waals surface area contributed by atoms with Gasteiger partial charge in [0.25, 0.3) is 0 Å². The van der Waals surface area contributed by atoms with E-state index in [1.54, 1.807) is 13.8 Å². The number of hydrogen-bond acceptors (Lipinski definition) is 5. The molecule has 1 aromatic rings. The van der Waals surface area contributed by atoms with Crippen LogP contribution in [-0.2, 0) is 24.3 Å². The maximum Gasteiger partial charge on any atom is 0.326 e. The molecule has 0 amide bonds. The minimum absolute atomic E-state index is 0.0788. The molecular weight excluding hydrogens is 474 g/mol. The molecule has 0 aromatic heterocycles. The lowest BCUT2D eigenvalue weighted by atomic mass is 9.89. The molecule has 0 spiro atoms. The maximum atomic E-state index is 13.5. The van der Waals surface area contributed by atoms with Crippen LogP contribution in [0.5, 0.6) is 0 Å².